The summed E-state index contributed by atoms with van der Waals surface area (Å²) in [5.41, 5.74) is 13.1. The second-order valence-corrected chi connectivity index (χ2v) is 12.3. The molecule has 1 N–H and O–H groups in total. The highest BCUT2D eigenvalue weighted by molar-refractivity contribution is 6.10. The molecule has 0 aliphatic rings. The van der Waals surface area contributed by atoms with Crippen molar-refractivity contribution in [3.63, 3.8) is 0 Å². The van der Waals surface area contributed by atoms with Gasteiger partial charge in [-0.3, -0.25) is 0 Å². The molecule has 48 heavy (non-hydrogen) atoms. The van der Waals surface area contributed by atoms with Crippen molar-refractivity contribution in [2.75, 3.05) is 5.32 Å². The van der Waals surface area contributed by atoms with Crippen LogP contribution in [0.4, 0.5) is 11.4 Å². The van der Waals surface area contributed by atoms with Crippen LogP contribution in [-0.4, -0.2) is 4.57 Å². The molecule has 0 bridgehead atoms. The van der Waals surface area contributed by atoms with Crippen molar-refractivity contribution in [1.82, 2.24) is 4.57 Å². The normalized spacial score (nSPS) is 11.3. The van der Waals surface area contributed by atoms with Crippen molar-refractivity contribution >= 4 is 44.0 Å². The maximum absolute atomic E-state index is 3.57. The highest BCUT2D eigenvalue weighted by atomic mass is 15.0. The number of aromatic nitrogens is 1. The summed E-state index contributed by atoms with van der Waals surface area (Å²) in [5.74, 6) is 0. The minimum absolute atomic E-state index is 1.07. The minimum Gasteiger partial charge on any atom is -0.356 e. The van der Waals surface area contributed by atoms with Gasteiger partial charge in [0.15, 0.2) is 0 Å². The summed E-state index contributed by atoms with van der Waals surface area (Å²) < 4.78 is 2.36. The average Bonchev–Trinajstić information content (AvgIpc) is 3.49. The highest BCUT2D eigenvalue weighted by Gasteiger charge is 2.13. The Morgan fingerprint density at radius 2 is 0.854 bits per heavy atom. The van der Waals surface area contributed by atoms with E-state index in [-0.39, 0.29) is 0 Å². The largest absolute Gasteiger partial charge is 0.356 e. The zero-order chi connectivity index (χ0) is 31.9. The van der Waals surface area contributed by atoms with Gasteiger partial charge in [0, 0.05) is 27.8 Å². The fraction of sp³-hybridized carbons (Fsp3) is 0. The first-order valence-electron chi connectivity index (χ1n) is 16.4. The monoisotopic (exact) mass is 612 g/mol. The molecule has 0 aliphatic carbocycles. The molecular formula is C46H32N2. The van der Waals surface area contributed by atoms with E-state index in [1.54, 1.807) is 0 Å². The second-order valence-electron chi connectivity index (χ2n) is 12.3. The highest BCUT2D eigenvalue weighted by Crippen LogP contribution is 2.36. The van der Waals surface area contributed by atoms with Gasteiger partial charge in [-0.25, -0.2) is 0 Å². The Hall–Kier alpha value is -6.38. The van der Waals surface area contributed by atoms with E-state index in [9.17, 15) is 0 Å². The molecule has 1 aromatic heterocycles. The number of rotatable bonds is 6. The van der Waals surface area contributed by atoms with Gasteiger partial charge in [0.1, 0.15) is 0 Å². The van der Waals surface area contributed by atoms with Crippen LogP contribution in [0.5, 0.6) is 0 Å². The first-order chi connectivity index (χ1) is 23.8. The molecule has 0 fully saturated rings. The van der Waals surface area contributed by atoms with Gasteiger partial charge in [0.25, 0.3) is 0 Å². The number of hydrogen-bond donors (Lipinski definition) is 1. The quantitative estimate of drug-likeness (QED) is 0.198. The minimum atomic E-state index is 1.07. The van der Waals surface area contributed by atoms with E-state index in [0.717, 1.165) is 11.4 Å². The van der Waals surface area contributed by atoms with Crippen LogP contribution in [-0.2, 0) is 0 Å². The van der Waals surface area contributed by atoms with E-state index >= 15 is 0 Å². The maximum atomic E-state index is 3.57. The summed E-state index contributed by atoms with van der Waals surface area (Å²) in [4.78, 5) is 0. The number of benzene rings is 8. The molecule has 9 rings (SSSR count). The zero-order valence-corrected chi connectivity index (χ0v) is 26.3. The SMILES string of the molecule is c1ccc(-n2c3ccccc3c3cc(-c4ccc(-c5ccc(Nc6ccc(-c7cccc8ccccc78)cc6)cc5)cc4)ccc32)cc1. The molecular weight excluding hydrogens is 581 g/mol. The summed E-state index contributed by atoms with van der Waals surface area (Å²) in [6.07, 6.45) is 0. The first-order valence-corrected chi connectivity index (χ1v) is 16.4. The van der Waals surface area contributed by atoms with Crippen LogP contribution in [0, 0.1) is 0 Å². The fourth-order valence-electron chi connectivity index (χ4n) is 6.99. The molecule has 0 saturated heterocycles. The van der Waals surface area contributed by atoms with Crippen LogP contribution in [0.3, 0.4) is 0 Å². The Kier molecular flexibility index (Phi) is 6.84. The van der Waals surface area contributed by atoms with E-state index in [1.165, 1.54) is 71.6 Å². The molecule has 0 unspecified atom stereocenters. The summed E-state index contributed by atoms with van der Waals surface area (Å²) in [6.45, 7) is 0. The average molecular weight is 613 g/mol. The van der Waals surface area contributed by atoms with Crippen molar-refractivity contribution in [3.8, 4) is 39.1 Å². The number of fused-ring (bicyclic) bond motifs is 4. The lowest BCUT2D eigenvalue weighted by Gasteiger charge is -2.11. The molecule has 0 radical (unpaired) electrons. The molecule has 2 nitrogen and oxygen atoms in total. The van der Waals surface area contributed by atoms with Gasteiger partial charge in [-0.15, -0.1) is 0 Å². The predicted octanol–water partition coefficient (Wildman–Crippen LogP) is 12.7. The standard InChI is InChI=1S/C46H32N2/c1-2-11-40(12-3-1)48-45-16-7-6-14-43(45)44-31-37(25-30-46(44)48)34-19-17-32(18-20-34)33-21-26-38(27-22-33)47-39-28-23-36(24-29-39)42-15-8-10-35-9-4-5-13-41(35)42/h1-31,47H. The molecule has 1 heterocycles. The summed E-state index contributed by atoms with van der Waals surface area (Å²) in [5, 5.41) is 8.64. The van der Waals surface area contributed by atoms with Gasteiger partial charge >= 0.3 is 0 Å². The Morgan fingerprint density at radius 1 is 0.333 bits per heavy atom. The van der Waals surface area contributed by atoms with Crippen molar-refractivity contribution < 1.29 is 0 Å². The molecule has 8 aromatic carbocycles. The van der Waals surface area contributed by atoms with Crippen molar-refractivity contribution in [2.24, 2.45) is 0 Å². The lowest BCUT2D eigenvalue weighted by Crippen LogP contribution is -1.92. The van der Waals surface area contributed by atoms with Crippen molar-refractivity contribution in [3.05, 3.63) is 188 Å². The van der Waals surface area contributed by atoms with E-state index < -0.39 is 0 Å². The molecule has 0 atom stereocenters. The second kappa shape index (κ2) is 11.8. The van der Waals surface area contributed by atoms with Crippen LogP contribution >= 0.6 is 0 Å². The molecule has 0 saturated carbocycles. The number of para-hydroxylation sites is 2. The molecule has 0 amide bonds. The van der Waals surface area contributed by atoms with Crippen LogP contribution < -0.4 is 5.32 Å². The summed E-state index contributed by atoms with van der Waals surface area (Å²) in [6, 6.07) is 67.5. The third-order valence-electron chi connectivity index (χ3n) is 9.40. The Morgan fingerprint density at radius 3 is 1.58 bits per heavy atom. The topological polar surface area (TPSA) is 17.0 Å². The van der Waals surface area contributed by atoms with E-state index in [4.69, 9.17) is 0 Å². The number of nitrogens with one attached hydrogen (secondary N) is 1. The lowest BCUT2D eigenvalue weighted by molar-refractivity contribution is 1.18. The summed E-state index contributed by atoms with van der Waals surface area (Å²) in [7, 11) is 0. The maximum Gasteiger partial charge on any atom is 0.0541 e. The Bertz CT molecular complexity index is 2540. The van der Waals surface area contributed by atoms with Gasteiger partial charge in [-0.1, -0.05) is 133 Å². The van der Waals surface area contributed by atoms with Gasteiger partial charge in [0.05, 0.1) is 11.0 Å². The van der Waals surface area contributed by atoms with Crippen molar-refractivity contribution in [2.45, 2.75) is 0 Å². The van der Waals surface area contributed by atoms with Crippen LogP contribution in [0.1, 0.15) is 0 Å². The number of nitrogens with zero attached hydrogens (tertiary/aromatic N) is 1. The number of hydrogen-bond acceptors (Lipinski definition) is 1. The molecule has 2 heteroatoms. The molecule has 0 spiro atoms. The Labute approximate surface area is 280 Å². The van der Waals surface area contributed by atoms with Crippen LogP contribution in [0.2, 0.25) is 0 Å². The van der Waals surface area contributed by atoms with Gasteiger partial charge < -0.3 is 9.88 Å². The predicted molar refractivity (Wildman–Crippen MR) is 204 cm³/mol. The van der Waals surface area contributed by atoms with Gasteiger partial charge in [-0.05, 0) is 98.8 Å². The van der Waals surface area contributed by atoms with E-state index in [1.807, 2.05) is 0 Å². The molecule has 9 aromatic rings. The third-order valence-corrected chi connectivity index (χ3v) is 9.40. The fourth-order valence-corrected chi connectivity index (χ4v) is 6.99. The third kappa shape index (κ3) is 5.01. The zero-order valence-electron chi connectivity index (χ0n) is 26.3. The van der Waals surface area contributed by atoms with E-state index in [2.05, 4.69) is 198 Å². The Balaban J connectivity index is 0.940. The van der Waals surface area contributed by atoms with Crippen LogP contribution in [0.25, 0.3) is 71.6 Å². The van der Waals surface area contributed by atoms with Crippen LogP contribution in [0.15, 0.2) is 188 Å². The molecule has 226 valence electrons. The summed E-state index contributed by atoms with van der Waals surface area (Å²) >= 11 is 0. The molecule has 0 aliphatic heterocycles. The smallest absolute Gasteiger partial charge is 0.0541 e. The first kappa shape index (κ1) is 27.9. The van der Waals surface area contributed by atoms with Gasteiger partial charge in [0.2, 0.25) is 0 Å². The lowest BCUT2D eigenvalue weighted by atomic mass is 9.98. The number of anilines is 2. The van der Waals surface area contributed by atoms with Crippen molar-refractivity contribution in [1.29, 1.82) is 0 Å². The van der Waals surface area contributed by atoms with E-state index in [0.29, 0.717) is 0 Å². The van der Waals surface area contributed by atoms with Gasteiger partial charge in [-0.2, -0.15) is 0 Å².